The number of likely N-dealkylation sites (tertiary alicyclic amines) is 1. The summed E-state index contributed by atoms with van der Waals surface area (Å²) in [5, 5.41) is 20.5. The van der Waals surface area contributed by atoms with Crippen molar-refractivity contribution in [3.63, 3.8) is 0 Å². The number of carboxylic acid groups (broad SMARTS) is 1. The summed E-state index contributed by atoms with van der Waals surface area (Å²) in [4.78, 5) is 17.0. The summed E-state index contributed by atoms with van der Waals surface area (Å²) < 4.78 is 4.83. The summed E-state index contributed by atoms with van der Waals surface area (Å²) in [5.41, 5.74) is 6.03. The van der Waals surface area contributed by atoms with Gasteiger partial charge in [-0.15, -0.1) is 0 Å². The third kappa shape index (κ3) is 5.07. The predicted octanol–water partition coefficient (Wildman–Crippen LogP) is 6.72. The molecule has 3 aromatic rings. The van der Waals surface area contributed by atoms with Crippen molar-refractivity contribution in [1.82, 2.24) is 9.36 Å². The fourth-order valence-corrected chi connectivity index (χ4v) is 6.22. The van der Waals surface area contributed by atoms with E-state index in [4.69, 9.17) is 4.98 Å². The molecule has 0 aliphatic carbocycles. The molecule has 7 heteroatoms. The van der Waals surface area contributed by atoms with Crippen LogP contribution in [0.4, 0.5) is 4.79 Å². The van der Waals surface area contributed by atoms with Gasteiger partial charge in [-0.2, -0.15) is 14.4 Å². The lowest BCUT2D eigenvalue weighted by atomic mass is 9.95. The van der Waals surface area contributed by atoms with Gasteiger partial charge in [0.15, 0.2) is 5.82 Å². The number of carbonyl (C=O) groups is 1. The average Bonchev–Trinajstić information content (AvgIpc) is 3.50. The molecule has 0 spiro atoms. The highest BCUT2D eigenvalue weighted by atomic mass is 32.1. The molecule has 1 aliphatic heterocycles. The third-order valence-electron chi connectivity index (χ3n) is 7.58. The third-order valence-corrected chi connectivity index (χ3v) is 8.35. The molecule has 188 valence electrons. The van der Waals surface area contributed by atoms with Crippen LogP contribution in [0.3, 0.4) is 0 Å². The Hall–Kier alpha value is -3.08. The second kappa shape index (κ2) is 10.9. The predicted molar refractivity (Wildman–Crippen MR) is 144 cm³/mol. The second-order valence-electron chi connectivity index (χ2n) is 10.3. The van der Waals surface area contributed by atoms with Crippen LogP contribution in [0.2, 0.25) is 0 Å². The molecule has 2 atom stereocenters. The van der Waals surface area contributed by atoms with E-state index >= 15 is 0 Å². The number of rotatable bonds is 8. The monoisotopic (exact) mass is 503 g/mol. The quantitative estimate of drug-likeness (QED) is 0.345. The highest BCUT2D eigenvalue weighted by Gasteiger charge is 2.45. The maximum atomic E-state index is 12.2. The minimum atomic E-state index is -0.712. The largest absolute Gasteiger partial charge is 0.513 e. The number of amides is 1. The van der Waals surface area contributed by atoms with Crippen LogP contribution in [0, 0.1) is 17.2 Å². The van der Waals surface area contributed by atoms with Gasteiger partial charge in [-0.25, -0.2) is 9.47 Å². The fraction of sp³-hybridized carbons (Fsp3) is 0.448. The van der Waals surface area contributed by atoms with Crippen molar-refractivity contribution in [3.8, 4) is 28.0 Å². The van der Waals surface area contributed by atoms with Crippen LogP contribution < -0.4 is 0 Å². The molecule has 1 amide bonds. The van der Waals surface area contributed by atoms with Gasteiger partial charge in [0.2, 0.25) is 0 Å². The second-order valence-corrected chi connectivity index (χ2v) is 11.1. The number of hydrogen-bond acceptors (Lipinski definition) is 5. The normalized spacial score (nSPS) is 19.5. The smallest absolute Gasteiger partial charge is 0.435 e. The lowest BCUT2D eigenvalue weighted by Crippen LogP contribution is -2.55. The van der Waals surface area contributed by atoms with E-state index in [1.807, 2.05) is 24.3 Å². The molecule has 1 fully saturated rings. The minimum Gasteiger partial charge on any atom is -0.435 e. The summed E-state index contributed by atoms with van der Waals surface area (Å²) in [5.74, 6) is 1.17. The molecule has 0 radical (unpaired) electrons. The molecule has 2 aromatic carbocycles. The van der Waals surface area contributed by atoms with E-state index in [0.717, 1.165) is 47.4 Å². The Morgan fingerprint density at radius 3 is 2.72 bits per heavy atom. The number of quaternary nitrogens is 1. The van der Waals surface area contributed by atoms with Crippen molar-refractivity contribution in [1.29, 1.82) is 5.26 Å². The van der Waals surface area contributed by atoms with Crippen LogP contribution in [-0.2, 0) is 19.3 Å². The fourth-order valence-electron chi connectivity index (χ4n) is 5.55. The average molecular weight is 504 g/mol. The van der Waals surface area contributed by atoms with Crippen molar-refractivity contribution in [2.24, 2.45) is 5.92 Å². The van der Waals surface area contributed by atoms with Gasteiger partial charge in [-0.05, 0) is 60.0 Å². The molecule has 6 nitrogen and oxygen atoms in total. The van der Waals surface area contributed by atoms with Crippen molar-refractivity contribution >= 4 is 17.6 Å². The summed E-state index contributed by atoms with van der Waals surface area (Å²) in [6.45, 7) is 9.80. The van der Waals surface area contributed by atoms with Crippen molar-refractivity contribution in [2.75, 3.05) is 13.1 Å². The summed E-state index contributed by atoms with van der Waals surface area (Å²) in [7, 11) is 0. The van der Waals surface area contributed by atoms with E-state index in [0.29, 0.717) is 36.8 Å². The van der Waals surface area contributed by atoms with E-state index < -0.39 is 6.09 Å². The lowest BCUT2D eigenvalue weighted by Gasteiger charge is -2.32. The molecular formula is C29H35N4O2S+. The Bertz CT molecular complexity index is 1290. The zero-order valence-corrected chi connectivity index (χ0v) is 22.4. The molecule has 1 aromatic heterocycles. The SMILES string of the molecule is CCc1c(CC[N+]2(C(=O)O)CCC[C@H]2C)cccc1-c1nsc(-c2ccc(CC(C)C)c(C#N)c2)n1. The van der Waals surface area contributed by atoms with Gasteiger partial charge < -0.3 is 5.11 Å². The maximum absolute atomic E-state index is 12.2. The van der Waals surface area contributed by atoms with Crippen LogP contribution in [0.25, 0.3) is 22.0 Å². The van der Waals surface area contributed by atoms with E-state index in [1.54, 1.807) is 0 Å². The zero-order chi connectivity index (χ0) is 25.9. The zero-order valence-electron chi connectivity index (χ0n) is 21.6. The molecule has 1 N–H and O–H groups in total. The van der Waals surface area contributed by atoms with Crippen LogP contribution in [0.1, 0.15) is 62.8 Å². The Morgan fingerprint density at radius 2 is 2.08 bits per heavy atom. The maximum Gasteiger partial charge on any atom is 0.513 e. The van der Waals surface area contributed by atoms with E-state index in [2.05, 4.69) is 50.3 Å². The number of nitriles is 1. The molecule has 1 unspecified atom stereocenters. The Balaban J connectivity index is 1.62. The molecule has 0 bridgehead atoms. The van der Waals surface area contributed by atoms with Gasteiger partial charge >= 0.3 is 6.09 Å². The number of aromatic nitrogens is 2. The first kappa shape index (κ1) is 26.0. The number of benzene rings is 2. The van der Waals surface area contributed by atoms with E-state index in [9.17, 15) is 15.2 Å². The van der Waals surface area contributed by atoms with Crippen LogP contribution >= 0.6 is 11.5 Å². The number of hydrogen-bond donors (Lipinski definition) is 1. The van der Waals surface area contributed by atoms with Gasteiger partial charge in [-0.1, -0.05) is 51.1 Å². The van der Waals surface area contributed by atoms with Crippen molar-refractivity contribution < 1.29 is 14.4 Å². The molecule has 1 aliphatic rings. The number of nitrogens with zero attached hydrogens (tertiary/aromatic N) is 4. The van der Waals surface area contributed by atoms with Crippen molar-refractivity contribution in [3.05, 3.63) is 58.7 Å². The first-order valence-corrected chi connectivity index (χ1v) is 13.6. The molecule has 1 saturated heterocycles. The Labute approximate surface area is 218 Å². The Morgan fingerprint density at radius 1 is 1.28 bits per heavy atom. The van der Waals surface area contributed by atoms with Gasteiger partial charge in [0.05, 0.1) is 30.8 Å². The lowest BCUT2D eigenvalue weighted by molar-refractivity contribution is -0.867. The minimum absolute atomic E-state index is 0.142. The first-order chi connectivity index (χ1) is 17.3. The molecule has 2 heterocycles. The van der Waals surface area contributed by atoms with Gasteiger partial charge in [-0.3, -0.25) is 0 Å². The molecular weight excluding hydrogens is 468 g/mol. The van der Waals surface area contributed by atoms with E-state index in [-0.39, 0.29) is 10.5 Å². The molecule has 4 rings (SSSR count). The van der Waals surface area contributed by atoms with E-state index in [1.165, 1.54) is 22.7 Å². The summed E-state index contributed by atoms with van der Waals surface area (Å²) in [6, 6.07) is 14.7. The summed E-state index contributed by atoms with van der Waals surface area (Å²) >= 11 is 1.35. The highest BCUT2D eigenvalue weighted by Crippen LogP contribution is 2.33. The first-order valence-electron chi connectivity index (χ1n) is 12.9. The highest BCUT2D eigenvalue weighted by molar-refractivity contribution is 7.09. The van der Waals surface area contributed by atoms with Gasteiger partial charge in [0, 0.05) is 30.4 Å². The Kier molecular flexibility index (Phi) is 7.87. The van der Waals surface area contributed by atoms with Crippen LogP contribution in [0.15, 0.2) is 36.4 Å². The van der Waals surface area contributed by atoms with Gasteiger partial charge in [0.1, 0.15) is 5.01 Å². The van der Waals surface area contributed by atoms with Gasteiger partial charge in [0.25, 0.3) is 0 Å². The van der Waals surface area contributed by atoms with Crippen molar-refractivity contribution in [2.45, 2.75) is 65.8 Å². The topological polar surface area (TPSA) is 86.9 Å². The molecule has 36 heavy (non-hydrogen) atoms. The van der Waals surface area contributed by atoms with Crippen LogP contribution in [-0.4, -0.2) is 44.2 Å². The van der Waals surface area contributed by atoms with Crippen LogP contribution in [0.5, 0.6) is 0 Å². The standard InChI is InChI=1S/C29H34N4O2S/c1-5-25-21(13-15-33(29(34)35)14-7-8-20(33)4)9-6-10-26(25)27-31-28(36-32-27)23-12-11-22(16-19(2)3)24(17-23)18-30/h6,9-12,17,19-20H,5,7-8,13-16H2,1-4H3/p+1/t20-,33?/m1/s1. The summed E-state index contributed by atoms with van der Waals surface area (Å²) in [6.07, 6.45) is 3.63. The molecule has 0 saturated carbocycles.